The number of phenols is 1. The summed E-state index contributed by atoms with van der Waals surface area (Å²) in [6, 6.07) is 6.42. The number of phenolic OH excluding ortho intramolecular Hbond substituents is 1. The third-order valence-corrected chi connectivity index (χ3v) is 3.58. The molecule has 2 atom stereocenters. The van der Waals surface area contributed by atoms with Gasteiger partial charge in [-0.15, -0.1) is 0 Å². The number of carboxylic acids is 1. The lowest BCUT2D eigenvalue weighted by atomic mass is 9.78. The lowest BCUT2D eigenvalue weighted by Gasteiger charge is -2.27. The molecule has 0 spiro atoms. The van der Waals surface area contributed by atoms with Gasteiger partial charge in [0.05, 0.1) is 17.5 Å². The number of anilines is 1. The van der Waals surface area contributed by atoms with Crippen molar-refractivity contribution in [2.45, 2.75) is 25.7 Å². The first kappa shape index (κ1) is 13.4. The minimum Gasteiger partial charge on any atom is -0.506 e. The maximum Gasteiger partial charge on any atom is 0.307 e. The van der Waals surface area contributed by atoms with Gasteiger partial charge in [-0.2, -0.15) is 0 Å². The van der Waals surface area contributed by atoms with Crippen LogP contribution in [0, 0.1) is 11.8 Å². The predicted molar refractivity (Wildman–Crippen MR) is 69.8 cm³/mol. The normalized spacial score (nSPS) is 22.7. The molecule has 1 aliphatic carbocycles. The smallest absolute Gasteiger partial charge is 0.307 e. The summed E-state index contributed by atoms with van der Waals surface area (Å²) in [7, 11) is 0. The van der Waals surface area contributed by atoms with Gasteiger partial charge in [-0.25, -0.2) is 0 Å². The number of para-hydroxylation sites is 2. The molecule has 1 aromatic rings. The molecule has 0 heterocycles. The van der Waals surface area contributed by atoms with E-state index in [1.165, 1.54) is 6.07 Å². The molecule has 1 aromatic carbocycles. The summed E-state index contributed by atoms with van der Waals surface area (Å²) in [4.78, 5) is 23.3. The maximum atomic E-state index is 12.1. The molecular formula is C14H17NO4. The van der Waals surface area contributed by atoms with E-state index in [-0.39, 0.29) is 11.7 Å². The number of hydrogen-bond acceptors (Lipinski definition) is 3. The Hall–Kier alpha value is -2.04. The van der Waals surface area contributed by atoms with E-state index in [0.717, 1.165) is 12.8 Å². The third-order valence-electron chi connectivity index (χ3n) is 3.58. The molecule has 3 N–H and O–H groups in total. The van der Waals surface area contributed by atoms with Crippen LogP contribution in [0.2, 0.25) is 0 Å². The van der Waals surface area contributed by atoms with Crippen molar-refractivity contribution < 1.29 is 19.8 Å². The average Bonchev–Trinajstić information content (AvgIpc) is 2.41. The van der Waals surface area contributed by atoms with Crippen LogP contribution in [-0.2, 0) is 9.59 Å². The number of aromatic hydroxyl groups is 1. The number of carboxylic acid groups (broad SMARTS) is 1. The SMILES string of the molecule is O=C(O)C1CCCCC1C(=O)Nc1ccccc1O. The lowest BCUT2D eigenvalue weighted by molar-refractivity contribution is -0.147. The second-order valence-electron chi connectivity index (χ2n) is 4.84. The van der Waals surface area contributed by atoms with E-state index >= 15 is 0 Å². The zero-order valence-electron chi connectivity index (χ0n) is 10.5. The average molecular weight is 263 g/mol. The fraction of sp³-hybridized carbons (Fsp3) is 0.429. The molecule has 19 heavy (non-hydrogen) atoms. The number of nitrogens with one attached hydrogen (secondary N) is 1. The Morgan fingerprint density at radius 2 is 1.74 bits per heavy atom. The van der Waals surface area contributed by atoms with Gasteiger partial charge in [-0.3, -0.25) is 9.59 Å². The number of rotatable bonds is 3. The van der Waals surface area contributed by atoms with Crippen molar-refractivity contribution in [1.29, 1.82) is 0 Å². The monoisotopic (exact) mass is 263 g/mol. The van der Waals surface area contributed by atoms with Gasteiger partial charge in [-0.05, 0) is 25.0 Å². The summed E-state index contributed by atoms with van der Waals surface area (Å²) in [6.45, 7) is 0. The highest BCUT2D eigenvalue weighted by Gasteiger charge is 2.35. The summed E-state index contributed by atoms with van der Waals surface area (Å²) in [6.07, 6.45) is 2.82. The zero-order valence-corrected chi connectivity index (χ0v) is 10.5. The van der Waals surface area contributed by atoms with Crippen LogP contribution < -0.4 is 5.32 Å². The molecule has 0 aromatic heterocycles. The minimum atomic E-state index is -0.919. The number of carbonyl (C=O) groups excluding carboxylic acids is 1. The van der Waals surface area contributed by atoms with Crippen LogP contribution in [0.25, 0.3) is 0 Å². The van der Waals surface area contributed by atoms with Gasteiger partial charge in [0.25, 0.3) is 0 Å². The number of benzene rings is 1. The number of aliphatic carboxylic acids is 1. The van der Waals surface area contributed by atoms with E-state index < -0.39 is 17.8 Å². The Kier molecular flexibility index (Phi) is 4.04. The van der Waals surface area contributed by atoms with Gasteiger partial charge in [0.1, 0.15) is 5.75 Å². The molecule has 1 saturated carbocycles. The summed E-state index contributed by atoms with van der Waals surface area (Å²) in [5.41, 5.74) is 0.321. The van der Waals surface area contributed by atoms with Crippen LogP contribution in [0.15, 0.2) is 24.3 Å². The van der Waals surface area contributed by atoms with Gasteiger partial charge in [0.15, 0.2) is 0 Å². The second-order valence-corrected chi connectivity index (χ2v) is 4.84. The Balaban J connectivity index is 2.10. The van der Waals surface area contributed by atoms with Gasteiger partial charge in [0.2, 0.25) is 5.91 Å². The van der Waals surface area contributed by atoms with Gasteiger partial charge < -0.3 is 15.5 Å². The molecule has 1 fully saturated rings. The Bertz CT molecular complexity index is 486. The largest absolute Gasteiger partial charge is 0.506 e. The van der Waals surface area contributed by atoms with Crippen molar-refractivity contribution in [3.8, 4) is 5.75 Å². The molecular weight excluding hydrogens is 246 g/mol. The van der Waals surface area contributed by atoms with E-state index in [2.05, 4.69) is 5.32 Å². The first-order chi connectivity index (χ1) is 9.09. The highest BCUT2D eigenvalue weighted by Crippen LogP contribution is 2.32. The Morgan fingerprint density at radius 3 is 2.37 bits per heavy atom. The summed E-state index contributed by atoms with van der Waals surface area (Å²) in [5, 5.41) is 21.4. The fourth-order valence-corrected chi connectivity index (χ4v) is 2.55. The van der Waals surface area contributed by atoms with Crippen molar-refractivity contribution in [3.05, 3.63) is 24.3 Å². The van der Waals surface area contributed by atoms with Gasteiger partial charge >= 0.3 is 5.97 Å². The fourth-order valence-electron chi connectivity index (χ4n) is 2.55. The van der Waals surface area contributed by atoms with Crippen molar-refractivity contribution >= 4 is 17.6 Å². The van der Waals surface area contributed by atoms with Crippen molar-refractivity contribution in [2.75, 3.05) is 5.32 Å². The Labute approximate surface area is 111 Å². The predicted octanol–water partition coefficient (Wildman–Crippen LogP) is 2.22. The van der Waals surface area contributed by atoms with Crippen LogP contribution in [0.3, 0.4) is 0 Å². The molecule has 1 amide bonds. The zero-order chi connectivity index (χ0) is 13.8. The molecule has 1 aliphatic rings. The number of amides is 1. The van der Waals surface area contributed by atoms with Crippen LogP contribution in [0.1, 0.15) is 25.7 Å². The van der Waals surface area contributed by atoms with Gasteiger partial charge in [-0.1, -0.05) is 25.0 Å². The molecule has 0 bridgehead atoms. The van der Waals surface area contributed by atoms with Crippen LogP contribution in [0.4, 0.5) is 5.69 Å². The van der Waals surface area contributed by atoms with E-state index in [1.807, 2.05) is 0 Å². The molecule has 0 saturated heterocycles. The molecule has 102 valence electrons. The molecule has 0 aliphatic heterocycles. The topological polar surface area (TPSA) is 86.6 Å². The number of hydrogen-bond donors (Lipinski definition) is 3. The molecule has 5 heteroatoms. The highest BCUT2D eigenvalue weighted by atomic mass is 16.4. The van der Waals surface area contributed by atoms with Gasteiger partial charge in [0, 0.05) is 0 Å². The standard InChI is InChI=1S/C14H17NO4/c16-12-8-4-3-7-11(12)15-13(17)9-5-1-2-6-10(9)14(18)19/h3-4,7-10,16H,1-2,5-6H2,(H,15,17)(H,18,19). The van der Waals surface area contributed by atoms with Crippen molar-refractivity contribution in [2.24, 2.45) is 11.8 Å². The van der Waals surface area contributed by atoms with E-state index in [0.29, 0.717) is 18.5 Å². The third kappa shape index (κ3) is 3.05. The number of carbonyl (C=O) groups is 2. The van der Waals surface area contributed by atoms with E-state index in [1.54, 1.807) is 18.2 Å². The first-order valence-electron chi connectivity index (χ1n) is 6.41. The summed E-state index contributed by atoms with van der Waals surface area (Å²) in [5.74, 6) is -2.41. The van der Waals surface area contributed by atoms with Crippen molar-refractivity contribution in [1.82, 2.24) is 0 Å². The Morgan fingerprint density at radius 1 is 1.11 bits per heavy atom. The first-order valence-corrected chi connectivity index (χ1v) is 6.41. The van der Waals surface area contributed by atoms with Crippen LogP contribution in [-0.4, -0.2) is 22.1 Å². The van der Waals surface area contributed by atoms with Crippen molar-refractivity contribution in [3.63, 3.8) is 0 Å². The summed E-state index contributed by atoms with van der Waals surface area (Å²) >= 11 is 0. The molecule has 2 unspecified atom stereocenters. The second kappa shape index (κ2) is 5.73. The lowest BCUT2D eigenvalue weighted by Crippen LogP contribution is -2.36. The highest BCUT2D eigenvalue weighted by molar-refractivity contribution is 5.96. The summed E-state index contributed by atoms with van der Waals surface area (Å²) < 4.78 is 0. The minimum absolute atomic E-state index is 0.0152. The molecule has 5 nitrogen and oxygen atoms in total. The molecule has 0 radical (unpaired) electrons. The van der Waals surface area contributed by atoms with E-state index in [4.69, 9.17) is 5.11 Å². The van der Waals surface area contributed by atoms with Crippen LogP contribution in [0.5, 0.6) is 5.75 Å². The quantitative estimate of drug-likeness (QED) is 0.730. The van der Waals surface area contributed by atoms with Crippen LogP contribution >= 0.6 is 0 Å². The van der Waals surface area contributed by atoms with E-state index in [9.17, 15) is 14.7 Å². The molecule has 2 rings (SSSR count). The maximum absolute atomic E-state index is 12.1.